The van der Waals surface area contributed by atoms with E-state index in [0.29, 0.717) is 37.0 Å². The number of methoxy groups -OCH3 is 1. The van der Waals surface area contributed by atoms with Crippen LogP contribution in [0.3, 0.4) is 0 Å². The van der Waals surface area contributed by atoms with Gasteiger partial charge in [-0.2, -0.15) is 4.31 Å². The van der Waals surface area contributed by atoms with Crippen molar-refractivity contribution < 1.29 is 17.9 Å². The molecule has 1 amide bonds. The number of sulfonamides is 1. The molecule has 1 fully saturated rings. The number of unbranched alkanes of at least 4 members (excludes halogenated alkanes) is 1. The van der Waals surface area contributed by atoms with Crippen molar-refractivity contribution in [3.05, 3.63) is 42.5 Å². The fourth-order valence-corrected chi connectivity index (χ4v) is 5.96. The SMILES string of the molecule is COc1ccc(C(=O)NCCCCn2ccnc2)cc1S(=O)(=O)N1CC(C)CC(C)C1. The number of hydrogen-bond acceptors (Lipinski definition) is 5. The number of carbonyl (C=O) groups is 1. The lowest BCUT2D eigenvalue weighted by Gasteiger charge is -2.34. The second-order valence-electron chi connectivity index (χ2n) is 8.40. The van der Waals surface area contributed by atoms with Crippen molar-refractivity contribution in [1.82, 2.24) is 19.2 Å². The number of carbonyl (C=O) groups excluding carboxylic acids is 1. The van der Waals surface area contributed by atoms with Gasteiger partial charge in [0.1, 0.15) is 10.6 Å². The Morgan fingerprint density at radius 2 is 1.97 bits per heavy atom. The zero-order valence-electron chi connectivity index (χ0n) is 18.5. The molecule has 0 saturated carbocycles. The number of aromatic nitrogens is 2. The number of hydrogen-bond donors (Lipinski definition) is 1. The first-order valence-corrected chi connectivity index (χ1v) is 12.2. The van der Waals surface area contributed by atoms with Crippen LogP contribution in [0.2, 0.25) is 0 Å². The lowest BCUT2D eigenvalue weighted by molar-refractivity contribution is 0.0952. The lowest BCUT2D eigenvalue weighted by atomic mass is 9.94. The third-order valence-electron chi connectivity index (χ3n) is 5.57. The third-order valence-corrected chi connectivity index (χ3v) is 7.42. The molecule has 0 spiro atoms. The summed E-state index contributed by atoms with van der Waals surface area (Å²) in [4.78, 5) is 16.7. The van der Waals surface area contributed by atoms with Crippen LogP contribution in [0, 0.1) is 11.8 Å². The van der Waals surface area contributed by atoms with Crippen molar-refractivity contribution in [2.24, 2.45) is 11.8 Å². The maximum absolute atomic E-state index is 13.4. The molecule has 0 bridgehead atoms. The predicted octanol–water partition coefficient (Wildman–Crippen LogP) is 2.77. The Kier molecular flexibility index (Phi) is 7.72. The van der Waals surface area contributed by atoms with Crippen LogP contribution in [0.1, 0.15) is 43.5 Å². The normalized spacial score (nSPS) is 19.8. The minimum Gasteiger partial charge on any atom is -0.495 e. The molecule has 1 aliphatic heterocycles. The number of nitrogens with zero attached hydrogens (tertiary/aromatic N) is 3. The first-order valence-electron chi connectivity index (χ1n) is 10.7. The highest BCUT2D eigenvalue weighted by atomic mass is 32.2. The first-order chi connectivity index (χ1) is 14.8. The van der Waals surface area contributed by atoms with Crippen molar-refractivity contribution in [2.45, 2.75) is 44.6 Å². The highest BCUT2D eigenvalue weighted by Crippen LogP contribution is 2.32. The van der Waals surface area contributed by atoms with Gasteiger partial charge in [0.2, 0.25) is 10.0 Å². The Balaban J connectivity index is 1.67. The van der Waals surface area contributed by atoms with Crippen LogP contribution < -0.4 is 10.1 Å². The zero-order valence-corrected chi connectivity index (χ0v) is 19.3. The number of imidazole rings is 1. The van der Waals surface area contributed by atoms with E-state index in [9.17, 15) is 13.2 Å². The van der Waals surface area contributed by atoms with Gasteiger partial charge >= 0.3 is 0 Å². The molecule has 1 saturated heterocycles. The summed E-state index contributed by atoms with van der Waals surface area (Å²) in [5.74, 6) is 0.543. The van der Waals surface area contributed by atoms with Gasteiger partial charge in [-0.15, -0.1) is 0 Å². The molecule has 1 aromatic carbocycles. The average Bonchev–Trinajstić information content (AvgIpc) is 3.25. The van der Waals surface area contributed by atoms with Crippen LogP contribution >= 0.6 is 0 Å². The van der Waals surface area contributed by atoms with E-state index in [-0.39, 0.29) is 16.6 Å². The number of aryl methyl sites for hydroxylation is 1. The molecule has 170 valence electrons. The second kappa shape index (κ2) is 10.3. The second-order valence-corrected chi connectivity index (χ2v) is 10.3. The Morgan fingerprint density at radius 3 is 2.61 bits per heavy atom. The fourth-order valence-electron chi connectivity index (χ4n) is 4.10. The van der Waals surface area contributed by atoms with Crippen molar-refractivity contribution in [2.75, 3.05) is 26.7 Å². The van der Waals surface area contributed by atoms with E-state index in [1.54, 1.807) is 24.7 Å². The van der Waals surface area contributed by atoms with Crippen LogP contribution in [0.15, 0.2) is 41.8 Å². The molecule has 2 unspecified atom stereocenters. The van der Waals surface area contributed by atoms with E-state index >= 15 is 0 Å². The Bertz CT molecular complexity index is 965. The fraction of sp³-hybridized carbons (Fsp3) is 0.545. The molecule has 2 heterocycles. The van der Waals surface area contributed by atoms with Gasteiger partial charge in [-0.3, -0.25) is 4.79 Å². The van der Waals surface area contributed by atoms with Gasteiger partial charge in [0.05, 0.1) is 13.4 Å². The summed E-state index contributed by atoms with van der Waals surface area (Å²) >= 11 is 0. The highest BCUT2D eigenvalue weighted by Gasteiger charge is 2.34. The van der Waals surface area contributed by atoms with Gasteiger partial charge in [-0.05, 0) is 49.3 Å². The van der Waals surface area contributed by atoms with E-state index in [2.05, 4.69) is 24.1 Å². The summed E-state index contributed by atoms with van der Waals surface area (Å²) < 4.78 is 35.5. The van der Waals surface area contributed by atoms with Crippen molar-refractivity contribution in [3.63, 3.8) is 0 Å². The van der Waals surface area contributed by atoms with Gasteiger partial charge in [0.25, 0.3) is 5.91 Å². The lowest BCUT2D eigenvalue weighted by Crippen LogP contribution is -2.42. The summed E-state index contributed by atoms with van der Waals surface area (Å²) in [5, 5.41) is 2.88. The topological polar surface area (TPSA) is 93.5 Å². The monoisotopic (exact) mass is 448 g/mol. The van der Waals surface area contributed by atoms with Gasteiger partial charge in [0.15, 0.2) is 0 Å². The van der Waals surface area contributed by atoms with E-state index in [0.717, 1.165) is 25.8 Å². The molecule has 8 nitrogen and oxygen atoms in total. The van der Waals surface area contributed by atoms with E-state index in [1.165, 1.54) is 17.5 Å². The molecular weight excluding hydrogens is 416 g/mol. The number of piperidine rings is 1. The number of rotatable bonds is 9. The van der Waals surface area contributed by atoms with Crippen molar-refractivity contribution >= 4 is 15.9 Å². The van der Waals surface area contributed by atoms with Crippen LogP contribution in [0.4, 0.5) is 0 Å². The summed E-state index contributed by atoms with van der Waals surface area (Å²) in [5.41, 5.74) is 0.312. The quantitative estimate of drug-likeness (QED) is 0.596. The molecule has 1 aliphatic rings. The van der Waals surface area contributed by atoms with Crippen LogP contribution in [-0.2, 0) is 16.6 Å². The Hall–Kier alpha value is -2.39. The van der Waals surface area contributed by atoms with Crippen molar-refractivity contribution in [1.29, 1.82) is 0 Å². The third kappa shape index (κ3) is 5.86. The minimum absolute atomic E-state index is 0.0454. The molecule has 2 atom stereocenters. The van der Waals surface area contributed by atoms with Gasteiger partial charge in [0, 0.05) is 44.1 Å². The summed E-state index contributed by atoms with van der Waals surface area (Å²) in [6.45, 7) is 6.43. The van der Waals surface area contributed by atoms with E-state index in [4.69, 9.17) is 4.74 Å². The van der Waals surface area contributed by atoms with E-state index < -0.39 is 10.0 Å². The smallest absolute Gasteiger partial charge is 0.251 e. The molecule has 9 heteroatoms. The summed E-state index contributed by atoms with van der Waals surface area (Å²) in [6.07, 6.45) is 8.14. The number of amides is 1. The number of benzene rings is 1. The van der Waals surface area contributed by atoms with Crippen LogP contribution in [0.25, 0.3) is 0 Å². The standard InChI is InChI=1S/C22H32N4O4S/c1-17-12-18(2)15-26(14-17)31(28,29)21-13-19(6-7-20(21)30-3)22(27)24-8-4-5-10-25-11-9-23-16-25/h6-7,9,11,13,16-18H,4-5,8,10,12,14-15H2,1-3H3,(H,24,27). The molecule has 2 aromatic rings. The predicted molar refractivity (Wildman–Crippen MR) is 118 cm³/mol. The van der Waals surface area contributed by atoms with Gasteiger partial charge < -0.3 is 14.6 Å². The molecule has 31 heavy (non-hydrogen) atoms. The van der Waals surface area contributed by atoms with Gasteiger partial charge in [-0.1, -0.05) is 13.8 Å². The molecule has 3 rings (SSSR count). The minimum atomic E-state index is -3.76. The summed E-state index contributed by atoms with van der Waals surface area (Å²) in [7, 11) is -2.32. The maximum atomic E-state index is 13.4. The molecule has 0 aliphatic carbocycles. The van der Waals surface area contributed by atoms with Crippen LogP contribution in [-0.4, -0.2) is 54.9 Å². The first kappa shape index (κ1) is 23.3. The van der Waals surface area contributed by atoms with Crippen molar-refractivity contribution in [3.8, 4) is 5.75 Å². The Labute approximate surface area is 184 Å². The largest absolute Gasteiger partial charge is 0.495 e. The molecular formula is C22H32N4O4S. The summed E-state index contributed by atoms with van der Waals surface area (Å²) in [6, 6.07) is 4.58. The maximum Gasteiger partial charge on any atom is 0.251 e. The average molecular weight is 449 g/mol. The Morgan fingerprint density at radius 1 is 1.23 bits per heavy atom. The van der Waals surface area contributed by atoms with Gasteiger partial charge in [-0.25, -0.2) is 13.4 Å². The highest BCUT2D eigenvalue weighted by molar-refractivity contribution is 7.89. The van der Waals surface area contributed by atoms with Crippen LogP contribution in [0.5, 0.6) is 5.75 Å². The molecule has 1 aromatic heterocycles. The zero-order chi connectivity index (χ0) is 22.4. The molecule has 0 radical (unpaired) electrons. The number of ether oxygens (including phenoxy) is 1. The molecule has 1 N–H and O–H groups in total. The number of nitrogens with one attached hydrogen (secondary N) is 1. The van der Waals surface area contributed by atoms with E-state index in [1.807, 2.05) is 10.8 Å².